The molecule has 11 heteroatoms. The van der Waals surface area contributed by atoms with E-state index >= 15 is 4.39 Å². The second-order valence-electron chi connectivity index (χ2n) is 11.5. The number of aliphatic hydroxyl groups is 1. The fourth-order valence-corrected chi connectivity index (χ4v) is 6.25. The lowest BCUT2D eigenvalue weighted by molar-refractivity contribution is -0.0256. The molecule has 2 N–H and O–H groups in total. The van der Waals surface area contributed by atoms with Gasteiger partial charge in [-0.2, -0.15) is 0 Å². The number of hydrogen-bond donors (Lipinski definition) is 2. The van der Waals surface area contributed by atoms with E-state index in [0.717, 1.165) is 25.1 Å². The number of aromatic nitrogens is 3. The number of morpholine rings is 1. The second-order valence-corrected chi connectivity index (χ2v) is 11.9. The summed E-state index contributed by atoms with van der Waals surface area (Å²) < 4.78 is 29.7. The Morgan fingerprint density at radius 2 is 2.08 bits per heavy atom. The summed E-state index contributed by atoms with van der Waals surface area (Å²) in [5.74, 6) is -0.317. The summed E-state index contributed by atoms with van der Waals surface area (Å²) in [4.78, 5) is 24.8. The Bertz CT molecular complexity index is 1510. The van der Waals surface area contributed by atoms with Crippen LogP contribution in [-0.4, -0.2) is 75.2 Å². The fourth-order valence-electron chi connectivity index (χ4n) is 6.06. The molecule has 3 aromatic rings. The Morgan fingerprint density at radius 1 is 1.27 bits per heavy atom. The molecule has 0 radical (unpaired) electrons. The molecule has 1 aliphatic carbocycles. The van der Waals surface area contributed by atoms with Gasteiger partial charge >= 0.3 is 0 Å². The molecule has 9 nitrogen and oxygen atoms in total. The second kappa shape index (κ2) is 10.6. The number of nitrogens with one attached hydrogen (secondary N) is 1. The molecule has 4 heterocycles. The van der Waals surface area contributed by atoms with E-state index in [2.05, 4.69) is 20.2 Å². The number of hydrogen-bond acceptors (Lipinski definition) is 8. The van der Waals surface area contributed by atoms with Gasteiger partial charge in [0.2, 0.25) is 5.95 Å². The Balaban J connectivity index is 1.46. The number of halogens is 2. The van der Waals surface area contributed by atoms with Gasteiger partial charge in [-0.3, -0.25) is 9.69 Å². The number of rotatable bonds is 6. The SMILES string of the molecule is Cc1c(CN2CCOCC23CC3)n(C(C)C)c2c(F)c(-c3nc(N[C@@H]4CCOC[C@H]4O)ncc3Cl)ccc2c1=O. The largest absolute Gasteiger partial charge is 0.389 e. The first-order valence-electron chi connectivity index (χ1n) is 13.9. The molecule has 2 atom stereocenters. The first-order valence-corrected chi connectivity index (χ1v) is 14.3. The summed E-state index contributed by atoms with van der Waals surface area (Å²) in [6.45, 7) is 9.24. The van der Waals surface area contributed by atoms with Crippen molar-refractivity contribution >= 4 is 28.5 Å². The molecule has 40 heavy (non-hydrogen) atoms. The van der Waals surface area contributed by atoms with Crippen LogP contribution >= 0.6 is 11.6 Å². The molecule has 0 unspecified atom stereocenters. The highest BCUT2D eigenvalue weighted by Crippen LogP contribution is 2.44. The molecule has 1 spiro atoms. The van der Waals surface area contributed by atoms with Gasteiger partial charge in [-0.25, -0.2) is 14.4 Å². The van der Waals surface area contributed by atoms with E-state index in [0.29, 0.717) is 43.7 Å². The van der Waals surface area contributed by atoms with Gasteiger partial charge in [-0.1, -0.05) is 11.6 Å². The Kier molecular flexibility index (Phi) is 7.33. The summed E-state index contributed by atoms with van der Waals surface area (Å²) in [5, 5.41) is 13.9. The van der Waals surface area contributed by atoms with E-state index in [1.54, 1.807) is 12.1 Å². The normalized spacial score (nSPS) is 22.8. The van der Waals surface area contributed by atoms with Crippen LogP contribution in [0, 0.1) is 12.7 Å². The van der Waals surface area contributed by atoms with Crippen LogP contribution in [0.2, 0.25) is 5.02 Å². The summed E-state index contributed by atoms with van der Waals surface area (Å²) in [6.07, 6.45) is 3.43. The molecule has 1 aromatic carbocycles. The monoisotopic (exact) mass is 571 g/mol. The van der Waals surface area contributed by atoms with Crippen molar-refractivity contribution in [3.05, 3.63) is 50.7 Å². The number of anilines is 1. The lowest BCUT2D eigenvalue weighted by Gasteiger charge is -2.37. The van der Waals surface area contributed by atoms with Crippen LogP contribution in [0.1, 0.15) is 50.4 Å². The smallest absolute Gasteiger partial charge is 0.223 e. The van der Waals surface area contributed by atoms with Gasteiger partial charge < -0.3 is 24.5 Å². The van der Waals surface area contributed by atoms with E-state index in [4.69, 9.17) is 21.1 Å². The molecule has 3 fully saturated rings. The van der Waals surface area contributed by atoms with Gasteiger partial charge in [0.05, 0.1) is 54.4 Å². The van der Waals surface area contributed by atoms with Crippen LogP contribution < -0.4 is 10.7 Å². The van der Waals surface area contributed by atoms with E-state index in [1.165, 1.54) is 6.20 Å². The van der Waals surface area contributed by atoms with Gasteiger partial charge in [0.15, 0.2) is 11.2 Å². The predicted octanol–water partition coefficient (Wildman–Crippen LogP) is 4.07. The van der Waals surface area contributed by atoms with Crippen molar-refractivity contribution in [3.8, 4) is 11.3 Å². The van der Waals surface area contributed by atoms with Crippen molar-refractivity contribution in [2.24, 2.45) is 0 Å². The number of benzene rings is 1. The number of pyridine rings is 1. The Labute approximate surface area is 237 Å². The lowest BCUT2D eigenvalue weighted by Crippen LogP contribution is -2.47. The summed E-state index contributed by atoms with van der Waals surface area (Å²) in [6, 6.07) is 2.82. The minimum Gasteiger partial charge on any atom is -0.389 e. The number of fused-ring (bicyclic) bond motifs is 1. The molecule has 6 rings (SSSR count). The molecule has 0 amide bonds. The first kappa shape index (κ1) is 27.5. The quantitative estimate of drug-likeness (QED) is 0.457. The van der Waals surface area contributed by atoms with Crippen LogP contribution in [0.15, 0.2) is 23.1 Å². The third kappa shape index (κ3) is 4.79. The van der Waals surface area contributed by atoms with E-state index in [9.17, 15) is 9.90 Å². The van der Waals surface area contributed by atoms with Crippen molar-refractivity contribution in [2.75, 3.05) is 38.3 Å². The number of nitrogens with zero attached hydrogens (tertiary/aromatic N) is 4. The van der Waals surface area contributed by atoms with Crippen molar-refractivity contribution in [2.45, 2.75) is 70.3 Å². The molecular formula is C29H35ClFN5O4. The molecular weight excluding hydrogens is 537 g/mol. The molecule has 2 aromatic heterocycles. The summed E-state index contributed by atoms with van der Waals surface area (Å²) in [5.41, 5.74) is 1.96. The predicted molar refractivity (Wildman–Crippen MR) is 151 cm³/mol. The molecule has 2 saturated heterocycles. The third-order valence-corrected chi connectivity index (χ3v) is 8.81. The highest BCUT2D eigenvalue weighted by atomic mass is 35.5. The molecule has 0 bridgehead atoms. The molecule has 214 valence electrons. The average molecular weight is 572 g/mol. The van der Waals surface area contributed by atoms with E-state index in [-0.39, 0.29) is 57.4 Å². The van der Waals surface area contributed by atoms with Gasteiger partial charge in [0, 0.05) is 53.5 Å². The lowest BCUT2D eigenvalue weighted by atomic mass is 10.0. The van der Waals surface area contributed by atoms with Crippen molar-refractivity contribution in [3.63, 3.8) is 0 Å². The van der Waals surface area contributed by atoms with Crippen LogP contribution in [0.25, 0.3) is 22.2 Å². The number of ether oxygens (including phenoxy) is 2. The Hall–Kier alpha value is -2.63. The van der Waals surface area contributed by atoms with Crippen molar-refractivity contribution in [1.29, 1.82) is 0 Å². The first-order chi connectivity index (χ1) is 19.2. The minimum absolute atomic E-state index is 0.0216. The summed E-state index contributed by atoms with van der Waals surface area (Å²) in [7, 11) is 0. The van der Waals surface area contributed by atoms with Gasteiger partial charge in [0.25, 0.3) is 0 Å². The zero-order valence-corrected chi connectivity index (χ0v) is 23.8. The van der Waals surface area contributed by atoms with E-state index in [1.807, 2.05) is 25.3 Å². The maximum Gasteiger partial charge on any atom is 0.223 e. The minimum atomic E-state index is -0.711. The summed E-state index contributed by atoms with van der Waals surface area (Å²) >= 11 is 6.51. The number of aliphatic hydroxyl groups excluding tert-OH is 1. The highest BCUT2D eigenvalue weighted by molar-refractivity contribution is 6.33. The van der Waals surface area contributed by atoms with Gasteiger partial charge in [-0.15, -0.1) is 0 Å². The topological polar surface area (TPSA) is 102 Å². The highest BCUT2D eigenvalue weighted by Gasteiger charge is 2.50. The standard InChI is InChI=1S/C29H35ClFN5O4/c1-16(2)36-22(13-35-9-11-40-15-29(35)7-8-29)17(3)27(38)19-5-4-18(24(31)26(19)36)25-20(30)12-32-28(34-25)33-21-6-10-39-14-23(21)37/h4-5,12,16,21,23,37H,6-11,13-15H2,1-3H3,(H,32,33,34)/t21-,23-/m1/s1. The average Bonchev–Trinajstić information content (AvgIpc) is 3.71. The van der Waals surface area contributed by atoms with Crippen LogP contribution in [-0.2, 0) is 16.0 Å². The fraction of sp³-hybridized carbons (Fsp3) is 0.552. The zero-order valence-electron chi connectivity index (χ0n) is 23.0. The molecule has 3 aliphatic rings. The molecule has 2 aliphatic heterocycles. The third-order valence-electron chi connectivity index (χ3n) is 8.54. The maximum absolute atomic E-state index is 16.7. The van der Waals surface area contributed by atoms with Gasteiger partial charge in [-0.05, 0) is 52.2 Å². The maximum atomic E-state index is 16.7. The Morgan fingerprint density at radius 3 is 2.80 bits per heavy atom. The van der Waals surface area contributed by atoms with Crippen LogP contribution in [0.3, 0.4) is 0 Å². The van der Waals surface area contributed by atoms with Gasteiger partial charge in [0.1, 0.15) is 0 Å². The van der Waals surface area contributed by atoms with Crippen LogP contribution in [0.5, 0.6) is 0 Å². The van der Waals surface area contributed by atoms with Crippen molar-refractivity contribution in [1.82, 2.24) is 19.4 Å². The van der Waals surface area contributed by atoms with Crippen molar-refractivity contribution < 1.29 is 19.0 Å². The van der Waals surface area contributed by atoms with Crippen LogP contribution in [0.4, 0.5) is 10.3 Å². The van der Waals surface area contributed by atoms with E-state index < -0.39 is 11.9 Å². The zero-order chi connectivity index (χ0) is 28.2. The molecule has 1 saturated carbocycles.